The first-order chi connectivity index (χ1) is 40.0. The molecule has 2 unspecified atom stereocenters. The number of unbranched alkanes of at least 4 members (excludes halogenated alkanes) is 55. The van der Waals surface area contributed by atoms with E-state index < -0.39 is 12.1 Å². The maximum atomic E-state index is 12.5. The predicted octanol–water partition coefficient (Wildman–Crippen LogP) is 24.1. The molecule has 0 aliphatic carbocycles. The first-order valence-corrected chi connectivity index (χ1v) is 37.1. The summed E-state index contributed by atoms with van der Waals surface area (Å²) in [5.41, 5.74) is 0. The van der Waals surface area contributed by atoms with Crippen molar-refractivity contribution in [3.8, 4) is 0 Å². The Kier molecular flexibility index (Phi) is 69.4. The Morgan fingerprint density at radius 2 is 0.580 bits per heavy atom. The molecule has 0 aromatic heterocycles. The summed E-state index contributed by atoms with van der Waals surface area (Å²) in [5, 5.41) is 23.4. The number of carbonyl (C=O) groups is 2. The van der Waals surface area contributed by atoms with E-state index >= 15 is 0 Å². The Morgan fingerprint density at radius 3 is 0.889 bits per heavy atom. The van der Waals surface area contributed by atoms with Crippen LogP contribution in [-0.2, 0) is 14.3 Å². The van der Waals surface area contributed by atoms with Crippen LogP contribution in [-0.4, -0.2) is 47.4 Å². The molecule has 6 heteroatoms. The largest absolute Gasteiger partial charge is 0.466 e. The second-order valence-electron chi connectivity index (χ2n) is 25.6. The lowest BCUT2D eigenvalue weighted by Crippen LogP contribution is -2.45. The SMILES string of the molecule is CCCCCC/C=C\CCCCCCCC(=O)OCCCCCCCCCCCCCC/C=C\CCCCCCCCCCCCCCCCCCCC(=O)NC(CO)C(O)CCCCCCCCCCCCCCCCCCCC. The first kappa shape index (κ1) is 79.3. The van der Waals surface area contributed by atoms with Gasteiger partial charge in [0.15, 0.2) is 0 Å². The quantitative estimate of drug-likeness (QED) is 0.0320. The van der Waals surface area contributed by atoms with Gasteiger partial charge in [-0.15, -0.1) is 0 Å². The van der Waals surface area contributed by atoms with E-state index in [4.69, 9.17) is 4.74 Å². The summed E-state index contributed by atoms with van der Waals surface area (Å²) in [4.78, 5) is 24.6. The van der Waals surface area contributed by atoms with Crippen LogP contribution in [0, 0.1) is 0 Å². The van der Waals surface area contributed by atoms with Gasteiger partial charge in [-0.05, 0) is 77.0 Å². The Morgan fingerprint density at radius 1 is 0.333 bits per heavy atom. The van der Waals surface area contributed by atoms with Gasteiger partial charge >= 0.3 is 5.97 Å². The third-order valence-electron chi connectivity index (χ3n) is 17.5. The van der Waals surface area contributed by atoms with Gasteiger partial charge in [0.1, 0.15) is 0 Å². The van der Waals surface area contributed by atoms with Crippen LogP contribution in [0.4, 0.5) is 0 Å². The van der Waals surface area contributed by atoms with Crippen molar-refractivity contribution in [2.75, 3.05) is 13.2 Å². The molecule has 2 atom stereocenters. The van der Waals surface area contributed by atoms with E-state index in [1.54, 1.807) is 0 Å². The maximum Gasteiger partial charge on any atom is 0.305 e. The van der Waals surface area contributed by atoms with Crippen molar-refractivity contribution in [3.05, 3.63) is 24.3 Å². The smallest absolute Gasteiger partial charge is 0.305 e. The van der Waals surface area contributed by atoms with Crippen LogP contribution in [0.15, 0.2) is 24.3 Å². The van der Waals surface area contributed by atoms with Crippen molar-refractivity contribution < 1.29 is 24.5 Å². The molecule has 0 aliphatic rings. The van der Waals surface area contributed by atoms with Crippen LogP contribution in [0.3, 0.4) is 0 Å². The summed E-state index contributed by atoms with van der Waals surface area (Å²) >= 11 is 0. The normalized spacial score (nSPS) is 12.6. The second kappa shape index (κ2) is 70.8. The number of aliphatic hydroxyl groups excluding tert-OH is 2. The highest BCUT2D eigenvalue weighted by Gasteiger charge is 2.20. The molecule has 0 aromatic carbocycles. The zero-order valence-electron chi connectivity index (χ0n) is 55.0. The highest BCUT2D eigenvalue weighted by molar-refractivity contribution is 5.76. The monoisotopic (exact) mass is 1140 g/mol. The number of esters is 1. The summed E-state index contributed by atoms with van der Waals surface area (Å²) in [7, 11) is 0. The first-order valence-electron chi connectivity index (χ1n) is 37.1. The molecule has 0 rings (SSSR count). The number of nitrogens with one attached hydrogen (secondary N) is 1. The van der Waals surface area contributed by atoms with E-state index in [1.165, 1.54) is 340 Å². The molecular formula is C75H145NO5. The molecule has 0 fully saturated rings. The number of rotatable bonds is 70. The molecule has 480 valence electrons. The van der Waals surface area contributed by atoms with Gasteiger partial charge in [0.05, 0.1) is 25.4 Å². The maximum absolute atomic E-state index is 12.5. The highest BCUT2D eigenvalue weighted by atomic mass is 16.5. The number of allylic oxidation sites excluding steroid dienone is 4. The summed E-state index contributed by atoms with van der Waals surface area (Å²) in [5.74, 6) is -0.0176. The average Bonchev–Trinajstić information content (AvgIpc) is 3.47. The summed E-state index contributed by atoms with van der Waals surface area (Å²) in [6.07, 6.45) is 89.6. The van der Waals surface area contributed by atoms with Crippen LogP contribution in [0.25, 0.3) is 0 Å². The molecule has 6 nitrogen and oxygen atoms in total. The molecule has 0 spiro atoms. The lowest BCUT2D eigenvalue weighted by atomic mass is 10.0. The standard InChI is InChI=1S/C75H145NO5/c1-3-5-7-9-11-13-15-17-18-19-37-40-44-47-51-55-59-63-67-73(78)72(71-77)76-74(79)68-64-60-56-52-48-45-41-38-35-33-31-29-27-25-23-21-20-22-24-26-28-30-32-34-36-39-42-46-50-54-58-62-66-70-81-75(80)69-65-61-57-53-49-43-16-14-12-10-8-6-4-2/h14,16,24,26,72-73,77-78H,3-13,15,17-23,25,27-71H2,1-2H3,(H,76,79)/b16-14-,26-24-. The fourth-order valence-electron chi connectivity index (χ4n) is 11.8. The number of amides is 1. The predicted molar refractivity (Wildman–Crippen MR) is 356 cm³/mol. The molecule has 0 aromatic rings. The van der Waals surface area contributed by atoms with Crippen molar-refractivity contribution in [1.29, 1.82) is 0 Å². The van der Waals surface area contributed by atoms with Gasteiger partial charge in [0, 0.05) is 12.8 Å². The molecule has 0 saturated heterocycles. The Balaban J connectivity index is 3.35. The Bertz CT molecular complexity index is 1270. The number of ether oxygens (including phenoxy) is 1. The number of aliphatic hydroxyl groups is 2. The number of hydrogen-bond acceptors (Lipinski definition) is 5. The molecule has 0 bridgehead atoms. The van der Waals surface area contributed by atoms with E-state index in [-0.39, 0.29) is 18.5 Å². The van der Waals surface area contributed by atoms with Crippen LogP contribution in [0.1, 0.15) is 418 Å². The van der Waals surface area contributed by atoms with Gasteiger partial charge < -0.3 is 20.3 Å². The van der Waals surface area contributed by atoms with Crippen molar-refractivity contribution in [1.82, 2.24) is 5.32 Å². The molecule has 3 N–H and O–H groups in total. The van der Waals surface area contributed by atoms with E-state index in [9.17, 15) is 19.8 Å². The van der Waals surface area contributed by atoms with Gasteiger partial charge in [-0.1, -0.05) is 353 Å². The minimum atomic E-state index is -0.662. The Hall–Kier alpha value is -1.66. The van der Waals surface area contributed by atoms with E-state index in [1.807, 2.05) is 0 Å². The van der Waals surface area contributed by atoms with Gasteiger partial charge in [0.2, 0.25) is 5.91 Å². The second-order valence-corrected chi connectivity index (χ2v) is 25.6. The van der Waals surface area contributed by atoms with E-state index in [2.05, 4.69) is 43.5 Å². The highest BCUT2D eigenvalue weighted by Crippen LogP contribution is 2.19. The average molecular weight is 1140 g/mol. The zero-order valence-corrected chi connectivity index (χ0v) is 55.0. The summed E-state index contributed by atoms with van der Waals surface area (Å²) in [6, 6.07) is -0.539. The van der Waals surface area contributed by atoms with Gasteiger partial charge in [-0.25, -0.2) is 0 Å². The van der Waals surface area contributed by atoms with E-state index in [0.29, 0.717) is 25.9 Å². The number of hydrogen-bond donors (Lipinski definition) is 3. The molecule has 1 amide bonds. The van der Waals surface area contributed by atoms with Crippen molar-refractivity contribution in [3.63, 3.8) is 0 Å². The fraction of sp³-hybridized carbons (Fsp3) is 0.920. The minimum Gasteiger partial charge on any atom is -0.466 e. The minimum absolute atomic E-state index is 0.0101. The summed E-state index contributed by atoms with van der Waals surface area (Å²) in [6.45, 7) is 4.98. The molecule has 0 heterocycles. The third kappa shape index (κ3) is 67.3. The summed E-state index contributed by atoms with van der Waals surface area (Å²) < 4.78 is 5.48. The van der Waals surface area contributed by atoms with Gasteiger partial charge in [0.25, 0.3) is 0 Å². The van der Waals surface area contributed by atoms with Crippen LogP contribution in [0.5, 0.6) is 0 Å². The van der Waals surface area contributed by atoms with Crippen LogP contribution < -0.4 is 5.32 Å². The molecule has 0 aliphatic heterocycles. The third-order valence-corrected chi connectivity index (χ3v) is 17.5. The molecule has 0 saturated carbocycles. The lowest BCUT2D eigenvalue weighted by molar-refractivity contribution is -0.143. The zero-order chi connectivity index (χ0) is 58.5. The van der Waals surface area contributed by atoms with Gasteiger partial charge in [-0.2, -0.15) is 0 Å². The van der Waals surface area contributed by atoms with E-state index in [0.717, 1.165) is 44.9 Å². The number of carbonyl (C=O) groups excluding carboxylic acids is 2. The van der Waals surface area contributed by atoms with Crippen LogP contribution >= 0.6 is 0 Å². The molecule has 81 heavy (non-hydrogen) atoms. The van der Waals surface area contributed by atoms with Crippen molar-refractivity contribution in [2.45, 2.75) is 431 Å². The fourth-order valence-corrected chi connectivity index (χ4v) is 11.8. The van der Waals surface area contributed by atoms with Crippen molar-refractivity contribution >= 4 is 11.9 Å². The Labute approximate surface area is 507 Å². The van der Waals surface area contributed by atoms with Crippen LogP contribution in [0.2, 0.25) is 0 Å². The molecular weight excluding hydrogens is 995 g/mol. The van der Waals surface area contributed by atoms with Gasteiger partial charge in [-0.3, -0.25) is 9.59 Å². The van der Waals surface area contributed by atoms with Crippen molar-refractivity contribution in [2.24, 2.45) is 0 Å². The topological polar surface area (TPSA) is 95.9 Å². The molecule has 0 radical (unpaired) electrons. The lowest BCUT2D eigenvalue weighted by Gasteiger charge is -2.22.